The topological polar surface area (TPSA) is 37.8 Å². The average molecular weight is 335 g/mol. The van der Waals surface area contributed by atoms with Crippen LogP contribution in [0.2, 0.25) is 0 Å². The van der Waals surface area contributed by atoms with Gasteiger partial charge in [0, 0.05) is 23.2 Å². The molecule has 24 heavy (non-hydrogen) atoms. The minimum absolute atomic E-state index is 0.800. The van der Waals surface area contributed by atoms with Crippen molar-refractivity contribution < 1.29 is 0 Å². The second-order valence-electron chi connectivity index (χ2n) is 5.83. The molecule has 0 aliphatic rings. The van der Waals surface area contributed by atoms with Gasteiger partial charge in [-0.1, -0.05) is 54.2 Å². The van der Waals surface area contributed by atoms with Crippen molar-refractivity contribution in [3.8, 4) is 0 Å². The van der Waals surface area contributed by atoms with E-state index >= 15 is 0 Å². The van der Waals surface area contributed by atoms with Gasteiger partial charge in [0.15, 0.2) is 5.16 Å². The normalized spacial score (nSPS) is 10.6. The summed E-state index contributed by atoms with van der Waals surface area (Å²) >= 11 is 1.67. The van der Waals surface area contributed by atoms with E-state index in [2.05, 4.69) is 65.5 Å². The van der Waals surface area contributed by atoms with E-state index < -0.39 is 0 Å². The summed E-state index contributed by atoms with van der Waals surface area (Å²) in [5.41, 5.74) is 5.86. The van der Waals surface area contributed by atoms with E-state index in [1.165, 1.54) is 16.7 Å². The molecule has 3 nitrogen and oxygen atoms in total. The number of aryl methyl sites for hydroxylation is 3. The van der Waals surface area contributed by atoms with Gasteiger partial charge >= 0.3 is 0 Å². The molecule has 0 atom stereocenters. The van der Waals surface area contributed by atoms with E-state index in [1.54, 1.807) is 11.8 Å². The zero-order chi connectivity index (χ0) is 16.9. The first-order valence-corrected chi connectivity index (χ1v) is 8.96. The Hall–Kier alpha value is -2.33. The van der Waals surface area contributed by atoms with Crippen LogP contribution in [0.5, 0.6) is 0 Å². The Balaban J connectivity index is 1.77. The van der Waals surface area contributed by atoms with Gasteiger partial charge in [0.05, 0.1) is 0 Å². The summed E-state index contributed by atoms with van der Waals surface area (Å²) in [5, 5.41) is 4.20. The standard InChI is InChI=1S/C20H21N3S/c1-14-8-4-6-10-17(14)13-24-20-21-16(3)12-19(23-20)22-18-11-7-5-9-15(18)2/h4-12H,13H2,1-3H3,(H,21,22,23). The van der Waals surface area contributed by atoms with Crippen LogP contribution in [-0.2, 0) is 5.75 Å². The highest BCUT2D eigenvalue weighted by Gasteiger charge is 2.06. The molecule has 0 fully saturated rings. The Morgan fingerprint density at radius 1 is 0.875 bits per heavy atom. The smallest absolute Gasteiger partial charge is 0.190 e. The van der Waals surface area contributed by atoms with E-state index in [4.69, 9.17) is 0 Å². The fourth-order valence-electron chi connectivity index (χ4n) is 2.44. The molecular formula is C20H21N3S. The molecule has 0 aliphatic carbocycles. The number of thioether (sulfide) groups is 1. The fraction of sp³-hybridized carbons (Fsp3) is 0.200. The van der Waals surface area contributed by atoms with Crippen molar-refractivity contribution in [2.24, 2.45) is 0 Å². The molecule has 0 saturated carbocycles. The summed E-state index contributed by atoms with van der Waals surface area (Å²) in [6.45, 7) is 6.23. The van der Waals surface area contributed by atoms with Crippen molar-refractivity contribution in [1.82, 2.24) is 9.97 Å². The molecule has 1 N–H and O–H groups in total. The highest BCUT2D eigenvalue weighted by molar-refractivity contribution is 7.98. The van der Waals surface area contributed by atoms with Crippen LogP contribution in [0.4, 0.5) is 11.5 Å². The van der Waals surface area contributed by atoms with Crippen LogP contribution in [0.15, 0.2) is 59.8 Å². The lowest BCUT2D eigenvalue weighted by atomic mass is 10.1. The lowest BCUT2D eigenvalue weighted by Gasteiger charge is -2.11. The van der Waals surface area contributed by atoms with Crippen molar-refractivity contribution in [3.05, 3.63) is 77.0 Å². The van der Waals surface area contributed by atoms with Crippen LogP contribution in [0.25, 0.3) is 0 Å². The van der Waals surface area contributed by atoms with Crippen molar-refractivity contribution >= 4 is 23.3 Å². The summed E-state index contributed by atoms with van der Waals surface area (Å²) in [6, 6.07) is 18.6. The second kappa shape index (κ2) is 7.49. The van der Waals surface area contributed by atoms with Crippen molar-refractivity contribution in [2.45, 2.75) is 31.7 Å². The van der Waals surface area contributed by atoms with Gasteiger partial charge < -0.3 is 5.32 Å². The van der Waals surface area contributed by atoms with Crippen LogP contribution in [0.3, 0.4) is 0 Å². The van der Waals surface area contributed by atoms with E-state index in [9.17, 15) is 0 Å². The average Bonchev–Trinajstić information content (AvgIpc) is 2.56. The number of rotatable bonds is 5. The predicted octanol–water partition coefficient (Wildman–Crippen LogP) is 5.44. The van der Waals surface area contributed by atoms with Gasteiger partial charge in [-0.05, 0) is 43.5 Å². The molecule has 2 aromatic carbocycles. The zero-order valence-electron chi connectivity index (χ0n) is 14.2. The number of benzene rings is 2. The summed E-state index contributed by atoms with van der Waals surface area (Å²) in [4.78, 5) is 9.21. The Kier molecular flexibility index (Phi) is 5.16. The molecule has 3 aromatic rings. The molecule has 1 aromatic heterocycles. The molecule has 0 radical (unpaired) electrons. The molecule has 0 unspecified atom stereocenters. The van der Waals surface area contributed by atoms with Crippen LogP contribution in [-0.4, -0.2) is 9.97 Å². The van der Waals surface area contributed by atoms with Crippen molar-refractivity contribution in [3.63, 3.8) is 0 Å². The molecular weight excluding hydrogens is 314 g/mol. The summed E-state index contributed by atoms with van der Waals surface area (Å²) in [5.74, 6) is 1.71. The minimum Gasteiger partial charge on any atom is -0.340 e. The van der Waals surface area contributed by atoms with Crippen LogP contribution < -0.4 is 5.32 Å². The highest BCUT2D eigenvalue weighted by Crippen LogP contribution is 2.25. The SMILES string of the molecule is Cc1cc(Nc2ccccc2C)nc(SCc2ccccc2C)n1. The molecule has 0 bridgehead atoms. The number of hydrogen-bond donors (Lipinski definition) is 1. The minimum atomic E-state index is 0.800. The highest BCUT2D eigenvalue weighted by atomic mass is 32.2. The van der Waals surface area contributed by atoms with Gasteiger partial charge in [-0.2, -0.15) is 0 Å². The number of nitrogens with one attached hydrogen (secondary N) is 1. The molecule has 122 valence electrons. The first-order valence-electron chi connectivity index (χ1n) is 7.97. The van der Waals surface area contributed by atoms with Gasteiger partial charge in [-0.3, -0.25) is 0 Å². The van der Waals surface area contributed by atoms with Crippen LogP contribution in [0.1, 0.15) is 22.4 Å². The second-order valence-corrected chi connectivity index (χ2v) is 6.77. The molecule has 0 saturated heterocycles. The van der Waals surface area contributed by atoms with E-state index in [-0.39, 0.29) is 0 Å². The predicted molar refractivity (Wildman–Crippen MR) is 102 cm³/mol. The first-order chi connectivity index (χ1) is 11.6. The summed E-state index contributed by atoms with van der Waals surface area (Å²) in [6.07, 6.45) is 0. The third kappa shape index (κ3) is 4.15. The fourth-order valence-corrected chi connectivity index (χ4v) is 3.42. The van der Waals surface area contributed by atoms with Gasteiger partial charge in [0.25, 0.3) is 0 Å². The summed E-state index contributed by atoms with van der Waals surface area (Å²) in [7, 11) is 0. The third-order valence-corrected chi connectivity index (χ3v) is 4.76. The molecule has 1 heterocycles. The van der Waals surface area contributed by atoms with E-state index in [0.717, 1.165) is 28.1 Å². The Morgan fingerprint density at radius 2 is 1.58 bits per heavy atom. The number of hydrogen-bond acceptors (Lipinski definition) is 4. The lowest BCUT2D eigenvalue weighted by Crippen LogP contribution is -2.00. The maximum absolute atomic E-state index is 4.66. The molecule has 3 rings (SSSR count). The molecule has 0 spiro atoms. The number of aromatic nitrogens is 2. The quantitative estimate of drug-likeness (QED) is 0.498. The van der Waals surface area contributed by atoms with Gasteiger partial charge in [0.1, 0.15) is 5.82 Å². The summed E-state index contributed by atoms with van der Waals surface area (Å²) < 4.78 is 0. The first kappa shape index (κ1) is 16.5. The maximum Gasteiger partial charge on any atom is 0.190 e. The van der Waals surface area contributed by atoms with E-state index in [0.29, 0.717) is 0 Å². The maximum atomic E-state index is 4.66. The van der Waals surface area contributed by atoms with Crippen LogP contribution in [0, 0.1) is 20.8 Å². The molecule has 0 aliphatic heterocycles. The monoisotopic (exact) mass is 335 g/mol. The molecule has 0 amide bonds. The van der Waals surface area contributed by atoms with Crippen molar-refractivity contribution in [2.75, 3.05) is 5.32 Å². The number of para-hydroxylation sites is 1. The third-order valence-electron chi connectivity index (χ3n) is 3.86. The number of anilines is 2. The van der Waals surface area contributed by atoms with Gasteiger partial charge in [-0.15, -0.1) is 0 Å². The van der Waals surface area contributed by atoms with Crippen LogP contribution >= 0.6 is 11.8 Å². The van der Waals surface area contributed by atoms with Crippen molar-refractivity contribution in [1.29, 1.82) is 0 Å². The molecule has 4 heteroatoms. The largest absolute Gasteiger partial charge is 0.340 e. The van der Waals surface area contributed by atoms with Gasteiger partial charge in [0.2, 0.25) is 0 Å². The van der Waals surface area contributed by atoms with E-state index in [1.807, 2.05) is 25.1 Å². The zero-order valence-corrected chi connectivity index (χ0v) is 15.0. The Labute approximate surface area is 147 Å². The Morgan fingerprint density at radius 3 is 2.33 bits per heavy atom. The Bertz CT molecular complexity index is 846. The number of nitrogens with zero attached hydrogens (tertiary/aromatic N) is 2. The van der Waals surface area contributed by atoms with Gasteiger partial charge in [-0.25, -0.2) is 9.97 Å². The lowest BCUT2D eigenvalue weighted by molar-refractivity contribution is 0.936.